The summed E-state index contributed by atoms with van der Waals surface area (Å²) in [6.07, 6.45) is 1.45. The zero-order chi connectivity index (χ0) is 17.0. The van der Waals surface area contributed by atoms with Crippen LogP contribution in [0.15, 0.2) is 30.3 Å². The first kappa shape index (κ1) is 17.4. The van der Waals surface area contributed by atoms with Gasteiger partial charge in [0, 0.05) is 0 Å². The maximum Gasteiger partial charge on any atom is 0.307 e. The molecule has 0 spiro atoms. The molecule has 0 aliphatic heterocycles. The largest absolute Gasteiger partial charge is 0.508 e. The van der Waals surface area contributed by atoms with Crippen LogP contribution in [0.1, 0.15) is 24.5 Å². The number of carbonyl (C=O) groups is 1. The van der Waals surface area contributed by atoms with Crippen molar-refractivity contribution in [1.82, 2.24) is 0 Å². The maximum atomic E-state index is 10.8. The van der Waals surface area contributed by atoms with Crippen LogP contribution in [0.5, 0.6) is 17.2 Å². The molecule has 0 aliphatic carbocycles. The van der Waals surface area contributed by atoms with Gasteiger partial charge in [-0.3, -0.25) is 4.79 Å². The number of ether oxygens (including phenoxy) is 1. The van der Waals surface area contributed by atoms with Crippen molar-refractivity contribution in [1.29, 1.82) is 0 Å². The Morgan fingerprint density at radius 1 is 1.17 bits per heavy atom. The van der Waals surface area contributed by atoms with E-state index in [1.54, 1.807) is 18.2 Å². The predicted octanol–water partition coefficient (Wildman–Crippen LogP) is 5.07. The summed E-state index contributed by atoms with van der Waals surface area (Å²) >= 11 is 12.3. The average molecular weight is 355 g/mol. The van der Waals surface area contributed by atoms with Crippen molar-refractivity contribution in [3.05, 3.63) is 51.5 Å². The molecule has 4 nitrogen and oxygen atoms in total. The fraction of sp³-hybridized carbons (Fsp3) is 0.235. The molecule has 0 aromatic heterocycles. The van der Waals surface area contributed by atoms with Gasteiger partial charge in [-0.1, -0.05) is 36.5 Å². The second kappa shape index (κ2) is 7.57. The highest BCUT2D eigenvalue weighted by molar-refractivity contribution is 6.37. The zero-order valence-corrected chi connectivity index (χ0v) is 14.0. The third-order valence-corrected chi connectivity index (χ3v) is 3.77. The summed E-state index contributed by atoms with van der Waals surface area (Å²) < 4.78 is 5.72. The zero-order valence-electron chi connectivity index (χ0n) is 12.5. The molecule has 0 bridgehead atoms. The summed E-state index contributed by atoms with van der Waals surface area (Å²) in [6, 6.07) is 7.94. The normalized spacial score (nSPS) is 10.6. The molecule has 0 aliphatic rings. The molecule has 2 aromatic carbocycles. The molecule has 2 aromatic rings. The number of benzene rings is 2. The van der Waals surface area contributed by atoms with Gasteiger partial charge in [0.25, 0.3) is 0 Å². The van der Waals surface area contributed by atoms with Gasteiger partial charge in [0.2, 0.25) is 0 Å². The summed E-state index contributed by atoms with van der Waals surface area (Å²) in [7, 11) is 0. The van der Waals surface area contributed by atoms with Crippen LogP contribution in [-0.4, -0.2) is 16.2 Å². The molecular formula is C17H16Cl2O4. The Balaban J connectivity index is 2.29. The molecule has 0 atom stereocenters. The monoisotopic (exact) mass is 354 g/mol. The molecule has 23 heavy (non-hydrogen) atoms. The van der Waals surface area contributed by atoms with Gasteiger partial charge in [0.15, 0.2) is 5.75 Å². The smallest absolute Gasteiger partial charge is 0.307 e. The standard InChI is InChI=1S/C17H16Cl2O4/c1-2-3-11-9-12(4-5-15(11)20)23-17-13(18)6-10(7-14(17)19)8-16(21)22/h4-7,9,20H,2-3,8H2,1H3,(H,21,22). The highest BCUT2D eigenvalue weighted by Crippen LogP contribution is 2.38. The number of aromatic hydroxyl groups is 1. The van der Waals surface area contributed by atoms with E-state index < -0.39 is 5.97 Å². The van der Waals surface area contributed by atoms with Crippen LogP contribution >= 0.6 is 23.2 Å². The quantitative estimate of drug-likeness (QED) is 0.759. The van der Waals surface area contributed by atoms with E-state index in [9.17, 15) is 9.90 Å². The van der Waals surface area contributed by atoms with Crippen molar-refractivity contribution in [2.75, 3.05) is 0 Å². The van der Waals surface area contributed by atoms with E-state index in [4.69, 9.17) is 33.0 Å². The number of phenolic OH excluding ortho intramolecular Hbond substituents is 1. The summed E-state index contributed by atoms with van der Waals surface area (Å²) in [5, 5.41) is 19.1. The van der Waals surface area contributed by atoms with Gasteiger partial charge >= 0.3 is 5.97 Å². The highest BCUT2D eigenvalue weighted by Gasteiger charge is 2.13. The lowest BCUT2D eigenvalue weighted by molar-refractivity contribution is -0.136. The fourth-order valence-corrected chi connectivity index (χ4v) is 2.81. The Hall–Kier alpha value is -1.91. The van der Waals surface area contributed by atoms with Crippen molar-refractivity contribution >= 4 is 29.2 Å². The van der Waals surface area contributed by atoms with Gasteiger partial charge in [-0.15, -0.1) is 0 Å². The minimum atomic E-state index is -0.964. The van der Waals surface area contributed by atoms with Crippen molar-refractivity contribution in [3.8, 4) is 17.2 Å². The topological polar surface area (TPSA) is 66.8 Å². The second-order valence-corrected chi connectivity index (χ2v) is 5.92. The summed E-state index contributed by atoms with van der Waals surface area (Å²) in [5.74, 6) is 0.0124. The summed E-state index contributed by atoms with van der Waals surface area (Å²) in [5.41, 5.74) is 1.27. The number of phenols is 1. The minimum Gasteiger partial charge on any atom is -0.508 e. The number of aliphatic carboxylic acids is 1. The molecular weight excluding hydrogens is 339 g/mol. The van der Waals surface area contributed by atoms with Gasteiger partial charge in [-0.05, 0) is 47.9 Å². The summed E-state index contributed by atoms with van der Waals surface area (Å²) in [4.78, 5) is 10.8. The van der Waals surface area contributed by atoms with Crippen molar-refractivity contribution in [3.63, 3.8) is 0 Å². The first-order valence-corrected chi connectivity index (χ1v) is 7.85. The van der Waals surface area contributed by atoms with E-state index in [-0.39, 0.29) is 28.0 Å². The Kier molecular flexibility index (Phi) is 5.74. The highest BCUT2D eigenvalue weighted by atomic mass is 35.5. The molecule has 6 heteroatoms. The van der Waals surface area contributed by atoms with Gasteiger partial charge in [-0.25, -0.2) is 0 Å². The number of halogens is 2. The molecule has 0 radical (unpaired) electrons. The lowest BCUT2D eigenvalue weighted by Gasteiger charge is -2.12. The van der Waals surface area contributed by atoms with E-state index in [1.165, 1.54) is 12.1 Å². The van der Waals surface area contributed by atoms with Crippen LogP contribution in [0.25, 0.3) is 0 Å². The van der Waals surface area contributed by atoms with Crippen molar-refractivity contribution < 1.29 is 19.7 Å². The Labute approximate surface area is 144 Å². The van der Waals surface area contributed by atoms with E-state index in [0.29, 0.717) is 11.3 Å². The minimum absolute atomic E-state index is 0.167. The van der Waals surface area contributed by atoms with Crippen LogP contribution in [0, 0.1) is 0 Å². The van der Waals surface area contributed by atoms with Gasteiger partial charge in [0.05, 0.1) is 16.5 Å². The van der Waals surface area contributed by atoms with E-state index in [2.05, 4.69) is 0 Å². The van der Waals surface area contributed by atoms with Crippen LogP contribution in [0.3, 0.4) is 0 Å². The van der Waals surface area contributed by atoms with Crippen LogP contribution in [0.2, 0.25) is 10.0 Å². The molecule has 122 valence electrons. The van der Waals surface area contributed by atoms with Crippen LogP contribution in [0.4, 0.5) is 0 Å². The molecule has 0 amide bonds. The lowest BCUT2D eigenvalue weighted by atomic mass is 10.1. The molecule has 0 fully saturated rings. The average Bonchev–Trinajstić information content (AvgIpc) is 2.46. The van der Waals surface area contributed by atoms with Gasteiger partial charge < -0.3 is 14.9 Å². The SMILES string of the molecule is CCCc1cc(Oc2c(Cl)cc(CC(=O)O)cc2Cl)ccc1O. The first-order valence-electron chi connectivity index (χ1n) is 7.10. The number of carboxylic acid groups (broad SMARTS) is 1. The van der Waals surface area contributed by atoms with Gasteiger partial charge in [0.1, 0.15) is 11.5 Å². The lowest BCUT2D eigenvalue weighted by Crippen LogP contribution is -2.00. The van der Waals surface area contributed by atoms with Crippen LogP contribution < -0.4 is 4.74 Å². The van der Waals surface area contributed by atoms with Gasteiger partial charge in [-0.2, -0.15) is 0 Å². The number of carboxylic acids is 1. The molecule has 2 N–H and O–H groups in total. The third kappa shape index (κ3) is 4.53. The van der Waals surface area contributed by atoms with Crippen LogP contribution in [-0.2, 0) is 17.6 Å². The molecule has 0 heterocycles. The first-order chi connectivity index (χ1) is 10.9. The number of hydrogen-bond acceptors (Lipinski definition) is 3. The Morgan fingerprint density at radius 2 is 1.83 bits per heavy atom. The maximum absolute atomic E-state index is 10.8. The molecule has 0 saturated heterocycles. The number of hydrogen-bond donors (Lipinski definition) is 2. The number of rotatable bonds is 6. The Bertz CT molecular complexity index is 706. The van der Waals surface area contributed by atoms with Crippen molar-refractivity contribution in [2.24, 2.45) is 0 Å². The van der Waals surface area contributed by atoms with E-state index in [0.717, 1.165) is 18.4 Å². The molecule has 0 unspecified atom stereocenters. The molecule has 2 rings (SSSR count). The predicted molar refractivity (Wildman–Crippen MR) is 90.0 cm³/mol. The van der Waals surface area contributed by atoms with E-state index >= 15 is 0 Å². The number of aryl methyl sites for hydroxylation is 1. The second-order valence-electron chi connectivity index (χ2n) is 5.10. The third-order valence-electron chi connectivity index (χ3n) is 3.20. The van der Waals surface area contributed by atoms with E-state index in [1.807, 2.05) is 6.92 Å². The van der Waals surface area contributed by atoms with Crippen molar-refractivity contribution in [2.45, 2.75) is 26.2 Å². The summed E-state index contributed by atoms with van der Waals surface area (Å²) in [6.45, 7) is 2.02. The Morgan fingerprint density at radius 3 is 2.39 bits per heavy atom. The molecule has 0 saturated carbocycles. The fourth-order valence-electron chi connectivity index (χ4n) is 2.20.